The third-order valence-corrected chi connectivity index (χ3v) is 11.8. The molecule has 12 N–H and O–H groups in total. The number of anilines is 1. The fourth-order valence-corrected chi connectivity index (χ4v) is 8.72. The van der Waals surface area contributed by atoms with Crippen molar-refractivity contribution in [1.82, 2.24) is 30.2 Å². The quantitative estimate of drug-likeness (QED) is 0.0436. The Morgan fingerprint density at radius 1 is 1.02 bits per heavy atom. The highest BCUT2D eigenvalue weighted by molar-refractivity contribution is 8.13. The first-order valence-corrected chi connectivity index (χ1v) is 22.1. The summed E-state index contributed by atoms with van der Waals surface area (Å²) in [5, 5.41) is 44.4. The summed E-state index contributed by atoms with van der Waals surface area (Å²) >= 11 is 0.771. The van der Waals surface area contributed by atoms with E-state index in [4.69, 9.17) is 24.6 Å². The molecule has 58 heavy (non-hydrogen) atoms. The van der Waals surface area contributed by atoms with Gasteiger partial charge in [-0.15, -0.1) is 0 Å². The van der Waals surface area contributed by atoms with E-state index in [1.165, 1.54) is 20.8 Å². The van der Waals surface area contributed by atoms with Crippen LogP contribution in [0.15, 0.2) is 12.7 Å². The number of aromatic nitrogens is 4. The number of imidazole rings is 1. The predicted molar refractivity (Wildman–Crippen MR) is 195 cm³/mol. The van der Waals surface area contributed by atoms with Gasteiger partial charge in [0.1, 0.15) is 36.3 Å². The van der Waals surface area contributed by atoms with Gasteiger partial charge in [-0.25, -0.2) is 28.6 Å². The number of carbonyl (C=O) groups is 4. The molecule has 3 rings (SSSR count). The maximum atomic E-state index is 12.7. The Morgan fingerprint density at radius 2 is 1.67 bits per heavy atom. The van der Waals surface area contributed by atoms with E-state index in [1.54, 1.807) is 0 Å². The van der Waals surface area contributed by atoms with Crippen LogP contribution in [0.3, 0.4) is 0 Å². The van der Waals surface area contributed by atoms with Crippen LogP contribution in [0, 0.1) is 5.41 Å². The molecule has 0 bridgehead atoms. The van der Waals surface area contributed by atoms with E-state index in [1.807, 2.05) is 0 Å². The molecule has 0 aromatic carbocycles. The van der Waals surface area contributed by atoms with Crippen molar-refractivity contribution >= 4 is 75.1 Å². The number of nitrogen functional groups attached to an aromatic ring is 1. The van der Waals surface area contributed by atoms with Crippen molar-refractivity contribution in [3.05, 3.63) is 12.7 Å². The first kappa shape index (κ1) is 49.4. The van der Waals surface area contributed by atoms with Crippen molar-refractivity contribution in [2.75, 3.05) is 37.8 Å². The van der Waals surface area contributed by atoms with Crippen LogP contribution < -0.4 is 16.4 Å². The number of aliphatic hydroxyl groups is 3. The van der Waals surface area contributed by atoms with Gasteiger partial charge in [0, 0.05) is 37.1 Å². The molecule has 1 fully saturated rings. The molecule has 1 aliphatic heterocycles. The van der Waals surface area contributed by atoms with Gasteiger partial charge in [-0.3, -0.25) is 37.3 Å². The zero-order valence-electron chi connectivity index (χ0n) is 30.8. The summed E-state index contributed by atoms with van der Waals surface area (Å²) in [5.41, 5.74) is 2.44. The summed E-state index contributed by atoms with van der Waals surface area (Å²) < 4.78 is 62.0. The average molecular weight is 912 g/mol. The van der Waals surface area contributed by atoms with Gasteiger partial charge in [0.05, 0.1) is 31.6 Å². The predicted octanol–water partition coefficient (Wildman–Crippen LogP) is -1.72. The van der Waals surface area contributed by atoms with Gasteiger partial charge >= 0.3 is 29.4 Å². The van der Waals surface area contributed by atoms with Gasteiger partial charge < -0.3 is 61.1 Å². The highest BCUT2D eigenvalue weighted by Gasteiger charge is 2.50. The number of thioether (sulfide) groups is 1. The molecule has 1 saturated heterocycles. The number of rotatable bonds is 23. The molecule has 0 saturated carbocycles. The normalized spacial score (nSPS) is 22.4. The number of phosphoric acid groups is 3. The zero-order chi connectivity index (χ0) is 43.9. The number of carbonyl (C=O) groups excluding carboxylic acids is 3. The Morgan fingerprint density at radius 3 is 2.31 bits per heavy atom. The summed E-state index contributed by atoms with van der Waals surface area (Å²) in [4.78, 5) is 98.2. The number of nitrogens with one attached hydrogen (secondary N) is 2. The number of fused-ring (bicyclic) bond motifs is 1. The van der Waals surface area contributed by atoms with Crippen LogP contribution in [0.25, 0.3) is 11.2 Å². The van der Waals surface area contributed by atoms with Crippen LogP contribution >= 0.6 is 35.2 Å². The molecule has 3 unspecified atom stereocenters. The molecule has 27 nitrogen and oxygen atoms in total. The van der Waals surface area contributed by atoms with Crippen LogP contribution in [0.2, 0.25) is 0 Å². The fraction of sp³-hybridized carbons (Fsp3) is 0.667. The lowest BCUT2D eigenvalue weighted by Gasteiger charge is -2.30. The van der Waals surface area contributed by atoms with Crippen LogP contribution in [0.5, 0.6) is 0 Å². The van der Waals surface area contributed by atoms with Gasteiger partial charge in [0.2, 0.25) is 11.8 Å². The third-order valence-electron chi connectivity index (χ3n) is 7.82. The monoisotopic (exact) mass is 911 g/mol. The molecule has 2 aromatic rings. The fourth-order valence-electron chi connectivity index (χ4n) is 5.05. The summed E-state index contributed by atoms with van der Waals surface area (Å²) in [5.74, 6) is -2.81. The highest BCUT2D eigenvalue weighted by Crippen LogP contribution is 2.61. The van der Waals surface area contributed by atoms with E-state index in [9.17, 15) is 67.8 Å². The Balaban J connectivity index is 1.47. The first-order chi connectivity index (χ1) is 26.6. The summed E-state index contributed by atoms with van der Waals surface area (Å²) in [6.45, 7) is 1.29. The smallest absolute Gasteiger partial charge is 0.481 e. The van der Waals surface area contributed by atoms with Crippen molar-refractivity contribution in [3.63, 3.8) is 0 Å². The topological polar surface area (TPSA) is 421 Å². The van der Waals surface area contributed by atoms with E-state index in [2.05, 4.69) is 34.4 Å². The number of hydrogen-bond donors (Lipinski definition) is 11. The Labute approximate surface area is 332 Å². The number of amides is 2. The van der Waals surface area contributed by atoms with Gasteiger partial charge in [-0.2, -0.15) is 4.31 Å². The molecule has 0 aliphatic carbocycles. The number of phosphoric ester groups is 3. The van der Waals surface area contributed by atoms with Gasteiger partial charge in [0.15, 0.2) is 22.8 Å². The second kappa shape index (κ2) is 20.0. The van der Waals surface area contributed by atoms with Crippen molar-refractivity contribution in [3.8, 4) is 0 Å². The lowest BCUT2D eigenvalue weighted by atomic mass is 9.87. The van der Waals surface area contributed by atoms with Gasteiger partial charge in [-0.1, -0.05) is 25.6 Å². The number of carboxylic acids is 1. The minimum absolute atomic E-state index is 0.0147. The van der Waals surface area contributed by atoms with Gasteiger partial charge in [-0.05, 0) is 6.92 Å². The Hall–Kier alpha value is -3.01. The molecule has 2 amide bonds. The summed E-state index contributed by atoms with van der Waals surface area (Å²) in [6.07, 6.45) is -8.22. The number of ether oxygens (including phenoxy) is 1. The lowest BCUT2D eigenvalue weighted by molar-refractivity contribution is -0.142. The van der Waals surface area contributed by atoms with E-state index in [0.717, 1.165) is 29.0 Å². The molecule has 328 valence electrons. The number of carboxylic acid groups (broad SMARTS) is 1. The average Bonchev–Trinajstić information content (AvgIpc) is 3.63. The SMILES string of the molecule is CC(O)(CC(=O)O)CC(=O)SCCNC(=O)CCNC(=O)[C@H](O)C(C)(C)COP(=O)(O)OP(=O)(O)OC[C@H]1O[C@@H](n2cnc3c(N)ncnc32)[C@@H](O)[C@H]1OP(=O)(O)O. The lowest BCUT2D eigenvalue weighted by Crippen LogP contribution is -2.46. The van der Waals surface area contributed by atoms with Crippen molar-refractivity contribution in [2.24, 2.45) is 5.41 Å². The molecule has 0 radical (unpaired) electrons. The first-order valence-electron chi connectivity index (χ1n) is 16.6. The molecule has 31 heteroatoms. The van der Waals surface area contributed by atoms with Crippen LogP contribution in [-0.2, 0) is 55.5 Å². The summed E-state index contributed by atoms with van der Waals surface area (Å²) in [7, 11) is -16.5. The maximum absolute atomic E-state index is 12.7. The minimum Gasteiger partial charge on any atom is -0.481 e. The molecule has 2 aromatic heterocycles. The largest absolute Gasteiger partial charge is 0.481 e. The number of nitrogens with zero attached hydrogens (tertiary/aromatic N) is 4. The Kier molecular flexibility index (Phi) is 17.0. The number of aliphatic carboxylic acids is 1. The Bertz CT molecular complexity index is 1950. The third kappa shape index (κ3) is 15.2. The van der Waals surface area contributed by atoms with E-state index in [0.29, 0.717) is 0 Å². The van der Waals surface area contributed by atoms with E-state index >= 15 is 0 Å². The van der Waals surface area contributed by atoms with Crippen LogP contribution in [0.1, 0.15) is 46.3 Å². The highest BCUT2D eigenvalue weighted by atomic mass is 32.2. The maximum Gasteiger partial charge on any atom is 0.481 e. The summed E-state index contributed by atoms with van der Waals surface area (Å²) in [6, 6.07) is 0. The van der Waals surface area contributed by atoms with Crippen molar-refractivity contribution < 1.29 is 95.5 Å². The number of aliphatic hydroxyl groups excluding tert-OH is 2. The molecule has 8 atom stereocenters. The number of nitrogens with two attached hydrogens (primary N) is 1. The molecular formula is C27H44N7O20P3S. The van der Waals surface area contributed by atoms with Crippen LogP contribution in [-0.4, -0.2) is 144 Å². The minimum atomic E-state index is -5.60. The second-order valence-corrected chi connectivity index (χ2v) is 18.9. The van der Waals surface area contributed by atoms with Crippen molar-refractivity contribution in [1.29, 1.82) is 0 Å². The molecule has 3 heterocycles. The molecular weight excluding hydrogens is 867 g/mol. The van der Waals surface area contributed by atoms with Crippen LogP contribution in [0.4, 0.5) is 5.82 Å². The molecule has 0 spiro atoms. The van der Waals surface area contributed by atoms with E-state index < -0.39 is 114 Å². The van der Waals surface area contributed by atoms with Gasteiger partial charge in [0.25, 0.3) is 0 Å². The number of hydrogen-bond acceptors (Lipinski definition) is 20. The standard InChI is InChI=1S/C27H44N7O20P3S/c1-26(2,21(40)24(41)30-5-4-15(35)29-6-7-58-17(38)9-27(3,42)8-16(36)37)11-51-57(48,49)54-56(46,47)50-10-14-20(53-55(43,44)45)19(39)25(52-14)34-13-33-18-22(28)31-12-32-23(18)34/h12-14,19-21,25,39-40,42H,4-11H2,1-3H3,(H,29,35)(H,30,41)(H,36,37)(H,46,47)(H,48,49)(H2,28,31,32)(H2,43,44,45)/t14-,19+,20+,21+,25-,27?/m1/s1. The molecule has 1 aliphatic rings. The second-order valence-electron chi connectivity index (χ2n) is 13.5. The van der Waals surface area contributed by atoms with E-state index in [-0.39, 0.29) is 42.2 Å². The zero-order valence-corrected chi connectivity index (χ0v) is 34.3. The van der Waals surface area contributed by atoms with Crippen molar-refractivity contribution in [2.45, 2.75) is 76.3 Å².